The van der Waals surface area contributed by atoms with E-state index in [-0.39, 0.29) is 17.6 Å². The molecule has 6 heteroatoms. The second-order valence-electron chi connectivity index (χ2n) is 5.66. The lowest BCUT2D eigenvalue weighted by molar-refractivity contribution is 0.0706. The molecule has 0 radical (unpaired) electrons. The van der Waals surface area contributed by atoms with Crippen LogP contribution in [0.4, 0.5) is 4.39 Å². The molecule has 24 heavy (non-hydrogen) atoms. The SMILES string of the molecule is CC(CNC(=O)c1ccc(F)cc1)Cc1ccc(C(=O)NO)cc1. The maximum atomic E-state index is 12.8. The van der Waals surface area contributed by atoms with Gasteiger partial charge in [-0.2, -0.15) is 0 Å². The van der Waals surface area contributed by atoms with Crippen LogP contribution in [-0.2, 0) is 6.42 Å². The van der Waals surface area contributed by atoms with Crippen molar-refractivity contribution in [2.24, 2.45) is 5.92 Å². The lowest BCUT2D eigenvalue weighted by Crippen LogP contribution is -2.29. The van der Waals surface area contributed by atoms with Crippen molar-refractivity contribution in [1.82, 2.24) is 10.8 Å². The van der Waals surface area contributed by atoms with Crippen LogP contribution in [0.1, 0.15) is 33.2 Å². The molecule has 2 aromatic carbocycles. The van der Waals surface area contributed by atoms with Crippen molar-refractivity contribution in [3.8, 4) is 0 Å². The molecule has 0 aliphatic heterocycles. The van der Waals surface area contributed by atoms with Crippen LogP contribution < -0.4 is 10.8 Å². The van der Waals surface area contributed by atoms with Crippen molar-refractivity contribution in [3.63, 3.8) is 0 Å². The average molecular weight is 330 g/mol. The number of hydroxylamine groups is 1. The van der Waals surface area contributed by atoms with Crippen LogP contribution in [0.2, 0.25) is 0 Å². The minimum Gasteiger partial charge on any atom is -0.352 e. The van der Waals surface area contributed by atoms with Crippen molar-refractivity contribution >= 4 is 11.8 Å². The molecular formula is C18H19FN2O3. The monoisotopic (exact) mass is 330 g/mol. The van der Waals surface area contributed by atoms with Gasteiger partial charge in [-0.3, -0.25) is 14.8 Å². The molecule has 0 aliphatic rings. The van der Waals surface area contributed by atoms with Crippen LogP contribution in [0.15, 0.2) is 48.5 Å². The Bertz CT molecular complexity index is 699. The van der Waals surface area contributed by atoms with Gasteiger partial charge in [0.2, 0.25) is 0 Å². The van der Waals surface area contributed by atoms with Crippen molar-refractivity contribution in [2.75, 3.05) is 6.54 Å². The second-order valence-corrected chi connectivity index (χ2v) is 5.66. The van der Waals surface area contributed by atoms with E-state index in [4.69, 9.17) is 5.21 Å². The predicted octanol–water partition coefficient (Wildman–Crippen LogP) is 2.55. The Morgan fingerprint density at radius 1 is 1.00 bits per heavy atom. The highest BCUT2D eigenvalue weighted by Gasteiger charge is 2.10. The largest absolute Gasteiger partial charge is 0.352 e. The maximum absolute atomic E-state index is 12.8. The third kappa shape index (κ3) is 4.89. The van der Waals surface area contributed by atoms with E-state index in [9.17, 15) is 14.0 Å². The van der Waals surface area contributed by atoms with E-state index in [0.717, 1.165) is 12.0 Å². The molecule has 0 saturated heterocycles. The number of carbonyl (C=O) groups is 2. The van der Waals surface area contributed by atoms with E-state index in [1.807, 2.05) is 19.1 Å². The zero-order valence-electron chi connectivity index (χ0n) is 13.3. The standard InChI is InChI=1S/C18H19FN2O3/c1-12(10-13-2-4-15(5-3-13)18(23)21-24)11-20-17(22)14-6-8-16(19)9-7-14/h2-9,12,24H,10-11H2,1H3,(H,20,22)(H,21,23). The summed E-state index contributed by atoms with van der Waals surface area (Å²) in [4.78, 5) is 23.2. The number of nitrogens with one attached hydrogen (secondary N) is 2. The Morgan fingerprint density at radius 3 is 2.12 bits per heavy atom. The summed E-state index contributed by atoms with van der Waals surface area (Å²) in [7, 11) is 0. The van der Waals surface area contributed by atoms with Crippen LogP contribution in [0.5, 0.6) is 0 Å². The molecule has 2 aromatic rings. The van der Waals surface area contributed by atoms with Crippen LogP contribution in [0, 0.1) is 11.7 Å². The molecule has 0 bridgehead atoms. The minimum absolute atomic E-state index is 0.187. The van der Waals surface area contributed by atoms with E-state index < -0.39 is 5.91 Å². The number of amides is 2. The first kappa shape index (κ1) is 17.6. The lowest BCUT2D eigenvalue weighted by Gasteiger charge is -2.13. The zero-order chi connectivity index (χ0) is 17.5. The molecule has 0 heterocycles. The minimum atomic E-state index is -0.554. The summed E-state index contributed by atoms with van der Waals surface area (Å²) < 4.78 is 12.8. The fourth-order valence-corrected chi connectivity index (χ4v) is 2.30. The van der Waals surface area contributed by atoms with Gasteiger partial charge in [0.1, 0.15) is 5.82 Å². The lowest BCUT2D eigenvalue weighted by atomic mass is 10.00. The number of hydrogen-bond donors (Lipinski definition) is 3. The van der Waals surface area contributed by atoms with E-state index in [1.54, 1.807) is 17.6 Å². The van der Waals surface area contributed by atoms with Crippen LogP contribution >= 0.6 is 0 Å². The Morgan fingerprint density at radius 2 is 1.54 bits per heavy atom. The van der Waals surface area contributed by atoms with Gasteiger partial charge in [0.15, 0.2) is 0 Å². The molecule has 1 unspecified atom stereocenters. The van der Waals surface area contributed by atoms with Gasteiger partial charge in [-0.1, -0.05) is 19.1 Å². The Hall–Kier alpha value is -2.73. The summed E-state index contributed by atoms with van der Waals surface area (Å²) in [5.74, 6) is -0.983. The van der Waals surface area contributed by atoms with E-state index >= 15 is 0 Å². The Kier molecular flexibility index (Phi) is 6.03. The molecule has 5 nitrogen and oxygen atoms in total. The van der Waals surface area contributed by atoms with E-state index in [0.29, 0.717) is 17.7 Å². The van der Waals surface area contributed by atoms with Gasteiger partial charge in [0.05, 0.1) is 0 Å². The molecule has 0 aromatic heterocycles. The van der Waals surface area contributed by atoms with E-state index in [2.05, 4.69) is 5.32 Å². The summed E-state index contributed by atoms with van der Waals surface area (Å²) in [5, 5.41) is 11.4. The number of benzene rings is 2. The van der Waals surface area contributed by atoms with Gasteiger partial charge in [-0.25, -0.2) is 9.87 Å². The van der Waals surface area contributed by atoms with Crippen molar-refractivity contribution in [1.29, 1.82) is 0 Å². The van der Waals surface area contributed by atoms with Crippen molar-refractivity contribution < 1.29 is 19.2 Å². The first-order valence-electron chi connectivity index (χ1n) is 7.56. The summed E-state index contributed by atoms with van der Waals surface area (Å²) in [6, 6.07) is 12.3. The molecule has 3 N–H and O–H groups in total. The van der Waals surface area contributed by atoms with Gasteiger partial charge in [-0.05, 0) is 54.3 Å². The molecule has 126 valence electrons. The first-order chi connectivity index (χ1) is 11.5. The van der Waals surface area contributed by atoms with Crippen LogP contribution in [0.3, 0.4) is 0 Å². The van der Waals surface area contributed by atoms with Gasteiger partial charge in [0, 0.05) is 17.7 Å². The fraction of sp³-hybridized carbons (Fsp3) is 0.222. The van der Waals surface area contributed by atoms with Gasteiger partial charge in [-0.15, -0.1) is 0 Å². The molecule has 0 fully saturated rings. The molecule has 0 saturated carbocycles. The normalized spacial score (nSPS) is 11.6. The average Bonchev–Trinajstić information content (AvgIpc) is 2.60. The highest BCUT2D eigenvalue weighted by Crippen LogP contribution is 2.10. The first-order valence-corrected chi connectivity index (χ1v) is 7.56. The summed E-state index contributed by atoms with van der Waals surface area (Å²) in [6.45, 7) is 2.48. The third-order valence-electron chi connectivity index (χ3n) is 3.62. The summed E-state index contributed by atoms with van der Waals surface area (Å²) >= 11 is 0. The second kappa shape index (κ2) is 8.21. The van der Waals surface area contributed by atoms with Crippen LogP contribution in [-0.4, -0.2) is 23.6 Å². The molecule has 1 atom stereocenters. The summed E-state index contributed by atoms with van der Waals surface area (Å²) in [6.07, 6.45) is 0.727. The number of halogens is 1. The van der Waals surface area contributed by atoms with Crippen molar-refractivity contribution in [2.45, 2.75) is 13.3 Å². The van der Waals surface area contributed by atoms with Gasteiger partial charge < -0.3 is 5.32 Å². The van der Waals surface area contributed by atoms with E-state index in [1.165, 1.54) is 24.3 Å². The number of carbonyl (C=O) groups excluding carboxylic acids is 2. The number of hydrogen-bond acceptors (Lipinski definition) is 3. The summed E-state index contributed by atoms with van der Waals surface area (Å²) in [5.41, 5.74) is 3.40. The van der Waals surface area contributed by atoms with Crippen LogP contribution in [0.25, 0.3) is 0 Å². The fourth-order valence-electron chi connectivity index (χ4n) is 2.30. The molecular weight excluding hydrogens is 311 g/mol. The van der Waals surface area contributed by atoms with Gasteiger partial charge >= 0.3 is 0 Å². The molecule has 0 aliphatic carbocycles. The maximum Gasteiger partial charge on any atom is 0.274 e. The smallest absolute Gasteiger partial charge is 0.274 e. The predicted molar refractivity (Wildman–Crippen MR) is 87.3 cm³/mol. The molecule has 0 spiro atoms. The Balaban J connectivity index is 1.84. The zero-order valence-corrected chi connectivity index (χ0v) is 13.3. The Labute approximate surface area is 139 Å². The quantitative estimate of drug-likeness (QED) is 0.563. The topological polar surface area (TPSA) is 78.4 Å². The molecule has 2 rings (SSSR count). The highest BCUT2D eigenvalue weighted by molar-refractivity contribution is 5.94. The number of rotatable bonds is 6. The van der Waals surface area contributed by atoms with Gasteiger partial charge in [0.25, 0.3) is 11.8 Å². The molecule has 2 amide bonds. The van der Waals surface area contributed by atoms with Crippen molar-refractivity contribution in [3.05, 3.63) is 71.0 Å². The third-order valence-corrected chi connectivity index (χ3v) is 3.62. The highest BCUT2D eigenvalue weighted by atomic mass is 19.1.